The van der Waals surface area contributed by atoms with Gasteiger partial charge < -0.3 is 5.32 Å². The van der Waals surface area contributed by atoms with Crippen LogP contribution in [0.25, 0.3) is 5.69 Å². The average Bonchev–Trinajstić information content (AvgIpc) is 3.11. The van der Waals surface area contributed by atoms with E-state index in [0.29, 0.717) is 17.3 Å². The van der Waals surface area contributed by atoms with Crippen LogP contribution in [0.2, 0.25) is 0 Å². The van der Waals surface area contributed by atoms with E-state index in [0.717, 1.165) is 16.8 Å². The minimum atomic E-state index is -0.151. The molecular formula is C18H16N6OS. The number of hydrogen-bond donors (Lipinski definition) is 1. The van der Waals surface area contributed by atoms with E-state index < -0.39 is 0 Å². The Kier molecular flexibility index (Phi) is 5.61. The summed E-state index contributed by atoms with van der Waals surface area (Å²) >= 11 is 1.26. The Balaban J connectivity index is 1.59. The van der Waals surface area contributed by atoms with E-state index >= 15 is 0 Å². The Labute approximate surface area is 155 Å². The molecule has 1 amide bonds. The van der Waals surface area contributed by atoms with E-state index in [2.05, 4.69) is 26.9 Å². The number of nitrogens with zero attached hydrogens (tertiary/aromatic N) is 5. The minimum absolute atomic E-state index is 0.151. The van der Waals surface area contributed by atoms with Crippen LogP contribution in [0.5, 0.6) is 0 Å². The highest BCUT2D eigenvalue weighted by atomic mass is 32.2. The van der Waals surface area contributed by atoms with Gasteiger partial charge in [0.15, 0.2) is 0 Å². The number of thioether (sulfide) groups is 1. The molecular weight excluding hydrogens is 348 g/mol. The molecule has 1 aromatic heterocycles. The van der Waals surface area contributed by atoms with E-state index in [1.54, 1.807) is 16.8 Å². The maximum Gasteiger partial charge on any atom is 0.234 e. The molecule has 0 aliphatic carbocycles. The monoisotopic (exact) mass is 364 g/mol. The van der Waals surface area contributed by atoms with Crippen LogP contribution in [-0.4, -0.2) is 31.9 Å². The summed E-state index contributed by atoms with van der Waals surface area (Å²) in [5, 5.41) is 23.7. The van der Waals surface area contributed by atoms with Crippen LogP contribution >= 0.6 is 11.8 Å². The number of nitriles is 1. The molecule has 2 aromatic carbocycles. The van der Waals surface area contributed by atoms with Gasteiger partial charge in [-0.2, -0.15) is 9.94 Å². The lowest BCUT2D eigenvalue weighted by Gasteiger charge is -2.06. The molecule has 0 spiro atoms. The molecule has 0 aliphatic heterocycles. The van der Waals surface area contributed by atoms with Crippen LogP contribution in [0.1, 0.15) is 11.1 Å². The molecule has 26 heavy (non-hydrogen) atoms. The number of amides is 1. The van der Waals surface area contributed by atoms with E-state index in [-0.39, 0.29) is 11.7 Å². The predicted molar refractivity (Wildman–Crippen MR) is 99.0 cm³/mol. The first-order valence-corrected chi connectivity index (χ1v) is 8.88. The third-order valence-corrected chi connectivity index (χ3v) is 4.49. The van der Waals surface area contributed by atoms with Crippen molar-refractivity contribution >= 4 is 23.4 Å². The molecule has 130 valence electrons. The average molecular weight is 364 g/mol. The quantitative estimate of drug-likeness (QED) is 0.676. The third-order valence-electron chi connectivity index (χ3n) is 3.57. The SMILES string of the molecule is Cc1ccc(-n2nnnc2SCC(=O)Nc2ccc(CC#N)cc2)cc1. The van der Waals surface area contributed by atoms with Crippen molar-refractivity contribution in [2.45, 2.75) is 18.5 Å². The largest absolute Gasteiger partial charge is 0.325 e. The summed E-state index contributed by atoms with van der Waals surface area (Å²) in [5.74, 6) is 0.0353. The minimum Gasteiger partial charge on any atom is -0.325 e. The highest BCUT2D eigenvalue weighted by Crippen LogP contribution is 2.19. The number of rotatable bonds is 6. The summed E-state index contributed by atoms with van der Waals surface area (Å²) in [6, 6.07) is 17.1. The maximum absolute atomic E-state index is 12.1. The van der Waals surface area contributed by atoms with E-state index in [1.165, 1.54) is 11.8 Å². The van der Waals surface area contributed by atoms with Crippen LogP contribution in [0.3, 0.4) is 0 Å². The van der Waals surface area contributed by atoms with Crippen molar-refractivity contribution in [3.8, 4) is 11.8 Å². The maximum atomic E-state index is 12.1. The number of benzene rings is 2. The molecule has 1 heterocycles. The van der Waals surface area contributed by atoms with Crippen molar-refractivity contribution in [2.24, 2.45) is 0 Å². The number of tetrazole rings is 1. The fourth-order valence-electron chi connectivity index (χ4n) is 2.24. The van der Waals surface area contributed by atoms with Crippen molar-refractivity contribution in [2.75, 3.05) is 11.1 Å². The summed E-state index contributed by atoms with van der Waals surface area (Å²) < 4.78 is 1.61. The predicted octanol–water partition coefficient (Wildman–Crippen LogP) is 2.77. The fraction of sp³-hybridized carbons (Fsp3) is 0.167. The summed E-state index contributed by atoms with van der Waals surface area (Å²) in [5.41, 5.74) is 3.60. The van der Waals surface area contributed by atoms with Gasteiger partial charge >= 0.3 is 0 Å². The van der Waals surface area contributed by atoms with Gasteiger partial charge in [-0.15, -0.1) is 5.10 Å². The van der Waals surface area contributed by atoms with Gasteiger partial charge in [0.2, 0.25) is 11.1 Å². The standard InChI is InChI=1S/C18H16N6OS/c1-13-2-8-16(9-3-13)24-18(21-22-23-24)26-12-17(25)20-15-6-4-14(5-7-15)10-11-19/h2-9H,10,12H2,1H3,(H,20,25). The second-order valence-corrected chi connectivity index (χ2v) is 6.52. The number of carbonyl (C=O) groups is 1. The molecule has 1 N–H and O–H groups in total. The Morgan fingerprint density at radius 3 is 2.62 bits per heavy atom. The second-order valence-electron chi connectivity index (χ2n) is 5.58. The Morgan fingerprint density at radius 2 is 1.92 bits per heavy atom. The molecule has 0 aliphatic rings. The molecule has 3 rings (SSSR count). The van der Waals surface area contributed by atoms with Crippen LogP contribution in [0.15, 0.2) is 53.7 Å². The number of aromatic nitrogens is 4. The van der Waals surface area contributed by atoms with Gasteiger partial charge in [0.1, 0.15) is 0 Å². The molecule has 0 radical (unpaired) electrons. The normalized spacial score (nSPS) is 10.3. The van der Waals surface area contributed by atoms with Crippen molar-refractivity contribution in [3.05, 3.63) is 59.7 Å². The molecule has 0 unspecified atom stereocenters. The molecule has 0 fully saturated rings. The van der Waals surface area contributed by atoms with Gasteiger partial charge in [-0.05, 0) is 47.2 Å². The smallest absolute Gasteiger partial charge is 0.234 e. The summed E-state index contributed by atoms with van der Waals surface area (Å²) in [6.45, 7) is 2.01. The topological polar surface area (TPSA) is 96.5 Å². The Hall–Kier alpha value is -3.18. The first kappa shape index (κ1) is 17.6. The molecule has 0 bridgehead atoms. The first-order valence-electron chi connectivity index (χ1n) is 7.89. The lowest BCUT2D eigenvalue weighted by atomic mass is 10.1. The highest BCUT2D eigenvalue weighted by Gasteiger charge is 2.11. The number of aryl methyl sites for hydroxylation is 1. The Morgan fingerprint density at radius 1 is 1.19 bits per heavy atom. The third kappa shape index (κ3) is 4.46. The van der Waals surface area contributed by atoms with Crippen LogP contribution in [-0.2, 0) is 11.2 Å². The number of hydrogen-bond acceptors (Lipinski definition) is 6. The van der Waals surface area contributed by atoms with Gasteiger partial charge in [0, 0.05) is 5.69 Å². The van der Waals surface area contributed by atoms with Gasteiger partial charge in [-0.1, -0.05) is 41.6 Å². The van der Waals surface area contributed by atoms with Crippen molar-refractivity contribution in [1.29, 1.82) is 5.26 Å². The zero-order valence-electron chi connectivity index (χ0n) is 14.1. The van der Waals surface area contributed by atoms with Crippen LogP contribution in [0, 0.1) is 18.3 Å². The second kappa shape index (κ2) is 8.27. The van der Waals surface area contributed by atoms with Crippen molar-refractivity contribution < 1.29 is 4.79 Å². The lowest BCUT2D eigenvalue weighted by molar-refractivity contribution is -0.113. The van der Waals surface area contributed by atoms with Gasteiger partial charge in [-0.3, -0.25) is 4.79 Å². The zero-order valence-corrected chi connectivity index (χ0v) is 14.9. The van der Waals surface area contributed by atoms with Crippen molar-refractivity contribution in [1.82, 2.24) is 20.2 Å². The number of carbonyl (C=O) groups excluding carboxylic acids is 1. The van der Waals surface area contributed by atoms with Crippen molar-refractivity contribution in [3.63, 3.8) is 0 Å². The van der Waals surface area contributed by atoms with Gasteiger partial charge in [-0.25, -0.2) is 0 Å². The van der Waals surface area contributed by atoms with E-state index in [4.69, 9.17) is 5.26 Å². The zero-order chi connectivity index (χ0) is 18.4. The van der Waals surface area contributed by atoms with E-state index in [1.807, 2.05) is 43.3 Å². The number of nitrogens with one attached hydrogen (secondary N) is 1. The number of anilines is 1. The fourth-order valence-corrected chi connectivity index (χ4v) is 2.93. The highest BCUT2D eigenvalue weighted by molar-refractivity contribution is 7.99. The lowest BCUT2D eigenvalue weighted by Crippen LogP contribution is -2.14. The van der Waals surface area contributed by atoms with Gasteiger partial charge in [0.25, 0.3) is 0 Å². The summed E-state index contributed by atoms with van der Waals surface area (Å²) in [4.78, 5) is 12.1. The summed E-state index contributed by atoms with van der Waals surface area (Å²) in [7, 11) is 0. The molecule has 3 aromatic rings. The molecule has 0 saturated heterocycles. The van der Waals surface area contributed by atoms with E-state index in [9.17, 15) is 4.79 Å². The Bertz CT molecular complexity index is 928. The molecule has 0 saturated carbocycles. The van der Waals surface area contributed by atoms with Crippen LogP contribution in [0.4, 0.5) is 5.69 Å². The molecule has 0 atom stereocenters. The van der Waals surface area contributed by atoms with Crippen LogP contribution < -0.4 is 5.32 Å². The summed E-state index contributed by atoms with van der Waals surface area (Å²) in [6.07, 6.45) is 0.353. The first-order chi connectivity index (χ1) is 12.7. The molecule has 8 heteroatoms. The van der Waals surface area contributed by atoms with Gasteiger partial charge in [0.05, 0.1) is 23.9 Å². The molecule has 7 nitrogen and oxygen atoms in total.